The van der Waals surface area contributed by atoms with Gasteiger partial charge in [0.05, 0.1) is 11.2 Å². The van der Waals surface area contributed by atoms with Crippen molar-refractivity contribution >= 4 is 10.9 Å². The second-order valence-corrected chi connectivity index (χ2v) is 5.03. The number of rotatable bonds is 2. The topological polar surface area (TPSA) is 36.0 Å². The van der Waals surface area contributed by atoms with Crippen molar-refractivity contribution < 1.29 is 18.3 Å². The van der Waals surface area contributed by atoms with Crippen LogP contribution in [0.25, 0.3) is 10.9 Å². The van der Waals surface area contributed by atoms with Gasteiger partial charge in [0, 0.05) is 23.5 Å². The van der Waals surface area contributed by atoms with Crippen LogP contribution in [-0.4, -0.2) is 15.7 Å². The Balaban J connectivity index is 2.63. The second-order valence-electron chi connectivity index (χ2n) is 5.03. The number of aromatic amines is 1. The van der Waals surface area contributed by atoms with Gasteiger partial charge in [-0.2, -0.15) is 13.2 Å². The third-order valence-electron chi connectivity index (χ3n) is 2.72. The van der Waals surface area contributed by atoms with Gasteiger partial charge in [0.25, 0.3) is 0 Å². The Labute approximate surface area is 102 Å². The van der Waals surface area contributed by atoms with Gasteiger partial charge in [-0.3, -0.25) is 0 Å². The zero-order valence-corrected chi connectivity index (χ0v) is 10.1. The highest BCUT2D eigenvalue weighted by Gasteiger charge is 2.34. The van der Waals surface area contributed by atoms with Crippen LogP contribution in [0.3, 0.4) is 0 Å². The van der Waals surface area contributed by atoms with Gasteiger partial charge < -0.3 is 10.1 Å². The monoisotopic (exact) mass is 257 g/mol. The summed E-state index contributed by atoms with van der Waals surface area (Å²) in [6.45, 7) is 3.14. The average Bonchev–Trinajstić information content (AvgIpc) is 2.57. The number of aliphatic hydroxyl groups is 1. The lowest BCUT2D eigenvalue weighted by molar-refractivity contribution is -0.136. The van der Waals surface area contributed by atoms with Crippen molar-refractivity contribution in [2.45, 2.75) is 32.0 Å². The first-order chi connectivity index (χ1) is 8.18. The fourth-order valence-electron chi connectivity index (χ4n) is 2.10. The number of fused-ring (bicyclic) bond motifs is 1. The maximum absolute atomic E-state index is 12.9. The van der Waals surface area contributed by atoms with Crippen molar-refractivity contribution in [3.8, 4) is 0 Å². The van der Waals surface area contributed by atoms with Crippen molar-refractivity contribution in [3.63, 3.8) is 0 Å². The molecule has 0 aliphatic carbocycles. The molecule has 0 spiro atoms. The van der Waals surface area contributed by atoms with E-state index in [1.165, 1.54) is 12.3 Å². The number of alkyl halides is 3. The smallest absolute Gasteiger partial charge is 0.390 e. The van der Waals surface area contributed by atoms with Crippen LogP contribution in [0.15, 0.2) is 24.4 Å². The molecule has 2 aromatic rings. The number of benzene rings is 1. The molecular formula is C13H14F3NO. The van der Waals surface area contributed by atoms with Gasteiger partial charge in [0.1, 0.15) is 0 Å². The third-order valence-corrected chi connectivity index (χ3v) is 2.72. The van der Waals surface area contributed by atoms with Crippen molar-refractivity contribution in [1.82, 2.24) is 4.98 Å². The number of hydrogen-bond acceptors (Lipinski definition) is 1. The standard InChI is InChI=1S/C13H14F3NO/c1-12(2,18)6-8-7-17-10-5-3-4-9(11(8)10)13(14,15)16/h3-5,7,17-18H,6H2,1-2H3. The van der Waals surface area contributed by atoms with Crippen LogP contribution in [0.4, 0.5) is 13.2 Å². The summed E-state index contributed by atoms with van der Waals surface area (Å²) in [4.78, 5) is 2.81. The van der Waals surface area contributed by atoms with Crippen LogP contribution in [0, 0.1) is 0 Å². The Morgan fingerprint density at radius 2 is 1.89 bits per heavy atom. The van der Waals surface area contributed by atoms with Crippen LogP contribution >= 0.6 is 0 Å². The van der Waals surface area contributed by atoms with Crippen molar-refractivity contribution in [3.05, 3.63) is 35.5 Å². The average molecular weight is 257 g/mol. The van der Waals surface area contributed by atoms with E-state index < -0.39 is 17.3 Å². The van der Waals surface area contributed by atoms with E-state index >= 15 is 0 Å². The fourth-order valence-corrected chi connectivity index (χ4v) is 2.10. The largest absolute Gasteiger partial charge is 0.417 e. The van der Waals surface area contributed by atoms with Crippen molar-refractivity contribution in [2.75, 3.05) is 0 Å². The number of aromatic nitrogens is 1. The molecule has 0 unspecified atom stereocenters. The van der Waals surface area contributed by atoms with Gasteiger partial charge in [0.15, 0.2) is 0 Å². The summed E-state index contributed by atoms with van der Waals surface area (Å²) in [5.74, 6) is 0. The molecule has 5 heteroatoms. The zero-order chi connectivity index (χ0) is 13.6. The van der Waals surface area contributed by atoms with Crippen molar-refractivity contribution in [2.24, 2.45) is 0 Å². The molecule has 0 saturated heterocycles. The maximum atomic E-state index is 12.9. The lowest BCUT2D eigenvalue weighted by Crippen LogP contribution is -2.22. The predicted octanol–water partition coefficient (Wildman–Crippen LogP) is 3.50. The number of nitrogens with one attached hydrogen (secondary N) is 1. The first-order valence-electron chi connectivity index (χ1n) is 5.57. The van der Waals surface area contributed by atoms with E-state index in [1.807, 2.05) is 0 Å². The minimum Gasteiger partial charge on any atom is -0.390 e. The predicted molar refractivity (Wildman–Crippen MR) is 63.3 cm³/mol. The molecule has 1 heterocycles. The molecule has 98 valence electrons. The van der Waals surface area contributed by atoms with Gasteiger partial charge >= 0.3 is 6.18 Å². The first-order valence-corrected chi connectivity index (χ1v) is 5.57. The van der Waals surface area contributed by atoms with E-state index in [0.717, 1.165) is 6.07 Å². The summed E-state index contributed by atoms with van der Waals surface area (Å²) in [6.07, 6.45) is -2.70. The minimum absolute atomic E-state index is 0.145. The van der Waals surface area contributed by atoms with E-state index in [1.54, 1.807) is 19.9 Å². The normalized spacial score (nSPS) is 13.2. The summed E-state index contributed by atoms with van der Waals surface area (Å²) in [5.41, 5.74) is -0.802. The van der Waals surface area contributed by atoms with Crippen LogP contribution in [-0.2, 0) is 12.6 Å². The molecule has 0 aliphatic heterocycles. The van der Waals surface area contributed by atoms with E-state index in [-0.39, 0.29) is 11.8 Å². The molecular weight excluding hydrogens is 243 g/mol. The molecule has 2 nitrogen and oxygen atoms in total. The minimum atomic E-state index is -4.39. The highest BCUT2D eigenvalue weighted by atomic mass is 19.4. The van der Waals surface area contributed by atoms with E-state index in [0.29, 0.717) is 11.1 Å². The molecule has 2 rings (SSSR count). The molecule has 0 aliphatic rings. The number of halogens is 3. The lowest BCUT2D eigenvalue weighted by atomic mass is 9.96. The molecule has 0 amide bonds. The zero-order valence-electron chi connectivity index (χ0n) is 10.1. The van der Waals surface area contributed by atoms with Gasteiger partial charge in [-0.25, -0.2) is 0 Å². The molecule has 0 atom stereocenters. The maximum Gasteiger partial charge on any atom is 0.417 e. The summed E-state index contributed by atoms with van der Waals surface area (Å²) in [5, 5.41) is 9.89. The van der Waals surface area contributed by atoms with Gasteiger partial charge in [-0.1, -0.05) is 6.07 Å². The van der Waals surface area contributed by atoms with Gasteiger partial charge in [0.2, 0.25) is 0 Å². The van der Waals surface area contributed by atoms with E-state index in [4.69, 9.17) is 0 Å². The Morgan fingerprint density at radius 1 is 1.22 bits per heavy atom. The second kappa shape index (κ2) is 4.02. The summed E-state index contributed by atoms with van der Waals surface area (Å²) < 4.78 is 38.8. The molecule has 1 aromatic carbocycles. The highest BCUT2D eigenvalue weighted by Crippen LogP contribution is 2.37. The van der Waals surface area contributed by atoms with Crippen LogP contribution < -0.4 is 0 Å². The van der Waals surface area contributed by atoms with E-state index in [2.05, 4.69) is 4.98 Å². The molecule has 0 fully saturated rings. The Hall–Kier alpha value is -1.49. The van der Waals surface area contributed by atoms with Crippen LogP contribution in [0.5, 0.6) is 0 Å². The fraction of sp³-hybridized carbons (Fsp3) is 0.385. The van der Waals surface area contributed by atoms with Crippen LogP contribution in [0.1, 0.15) is 25.0 Å². The van der Waals surface area contributed by atoms with Crippen molar-refractivity contribution in [1.29, 1.82) is 0 Å². The Morgan fingerprint density at radius 3 is 2.44 bits per heavy atom. The number of H-pyrrole nitrogens is 1. The SMILES string of the molecule is CC(C)(O)Cc1c[nH]c2cccc(C(F)(F)F)c12. The van der Waals surface area contributed by atoms with Crippen LogP contribution in [0.2, 0.25) is 0 Å². The number of hydrogen-bond donors (Lipinski definition) is 2. The molecule has 18 heavy (non-hydrogen) atoms. The molecule has 0 saturated carbocycles. The Bertz CT molecular complexity index is 564. The molecule has 0 bridgehead atoms. The van der Waals surface area contributed by atoms with Gasteiger partial charge in [-0.15, -0.1) is 0 Å². The van der Waals surface area contributed by atoms with Gasteiger partial charge in [-0.05, 0) is 31.5 Å². The molecule has 0 radical (unpaired) electrons. The highest BCUT2D eigenvalue weighted by molar-refractivity contribution is 5.87. The lowest BCUT2D eigenvalue weighted by Gasteiger charge is -2.17. The summed E-state index contributed by atoms with van der Waals surface area (Å²) >= 11 is 0. The van der Waals surface area contributed by atoms with E-state index in [9.17, 15) is 18.3 Å². The summed E-state index contributed by atoms with van der Waals surface area (Å²) in [6, 6.07) is 4.03. The molecule has 2 N–H and O–H groups in total. The summed E-state index contributed by atoms with van der Waals surface area (Å²) in [7, 11) is 0. The quantitative estimate of drug-likeness (QED) is 0.848. The third kappa shape index (κ3) is 2.51. The molecule has 1 aromatic heterocycles. The first kappa shape index (κ1) is 13.0. The Kier molecular flexibility index (Phi) is 2.89.